The zero-order valence-electron chi connectivity index (χ0n) is 11.8. The van der Waals surface area contributed by atoms with E-state index < -0.39 is 10.6 Å². The van der Waals surface area contributed by atoms with E-state index in [2.05, 4.69) is 0 Å². The molecule has 0 spiro atoms. The molecule has 2 rings (SSSR count). The highest BCUT2D eigenvalue weighted by atomic mass is 16.5. The minimum atomic E-state index is -0.558. The van der Waals surface area contributed by atoms with E-state index >= 15 is 0 Å². The summed E-state index contributed by atoms with van der Waals surface area (Å²) in [7, 11) is 4.60. The van der Waals surface area contributed by atoms with E-state index in [9.17, 15) is 10.0 Å². The Morgan fingerprint density at radius 1 is 1.30 bits per heavy atom. The average molecular weight is 274 g/mol. The Labute approximate surface area is 117 Å². The number of nitrogens with two attached hydrogens (primary N) is 1. The molecular weight excluding hydrogens is 256 g/mol. The van der Waals surface area contributed by atoms with Crippen molar-refractivity contribution < 1.29 is 14.2 Å². The molecule has 0 aromatic heterocycles. The predicted octanol–water partition coefficient (Wildman–Crippen LogP) is 2.02. The number of methoxy groups -OCH3 is 1. The zero-order chi connectivity index (χ0) is 14.9. The van der Waals surface area contributed by atoms with Crippen LogP contribution in [0.15, 0.2) is 30.3 Å². The van der Waals surface area contributed by atoms with Crippen molar-refractivity contribution in [3.8, 4) is 5.75 Å². The number of carbonyl (C=O) groups is 1. The highest BCUT2D eigenvalue weighted by Crippen LogP contribution is 2.32. The Kier molecular flexibility index (Phi) is 3.65. The van der Waals surface area contributed by atoms with Gasteiger partial charge in [-0.1, -0.05) is 24.3 Å². The van der Waals surface area contributed by atoms with Gasteiger partial charge in [0, 0.05) is 10.9 Å². The molecule has 0 aliphatic carbocycles. The zero-order valence-corrected chi connectivity index (χ0v) is 11.8. The molecule has 0 heterocycles. The number of rotatable bonds is 4. The van der Waals surface area contributed by atoms with Crippen molar-refractivity contribution in [2.75, 3.05) is 21.2 Å². The number of nitrogens with zero attached hydrogens (tertiary/aromatic N) is 1. The highest BCUT2D eigenvalue weighted by Gasteiger charge is 2.19. The van der Waals surface area contributed by atoms with E-state index in [0.29, 0.717) is 16.9 Å². The van der Waals surface area contributed by atoms with Gasteiger partial charge in [0.25, 0.3) is 0 Å². The number of fused-ring (bicyclic) bond motifs is 1. The van der Waals surface area contributed by atoms with E-state index in [-0.39, 0.29) is 6.54 Å². The first-order chi connectivity index (χ1) is 9.33. The van der Waals surface area contributed by atoms with Gasteiger partial charge in [-0.05, 0) is 11.5 Å². The summed E-state index contributed by atoms with van der Waals surface area (Å²) in [5, 5.41) is 13.7. The number of hydroxylamine groups is 3. The smallest absolute Gasteiger partial charge is 0.249 e. The first kappa shape index (κ1) is 14.3. The van der Waals surface area contributed by atoms with E-state index in [0.717, 1.165) is 10.8 Å². The number of ether oxygens (including phenoxy) is 1. The van der Waals surface area contributed by atoms with Gasteiger partial charge in [-0.3, -0.25) is 4.79 Å². The minimum absolute atomic E-state index is 0.169. The predicted molar refractivity (Wildman–Crippen MR) is 78.2 cm³/mol. The Bertz CT molecular complexity index is 660. The van der Waals surface area contributed by atoms with Crippen LogP contribution < -0.4 is 10.5 Å². The Morgan fingerprint density at radius 3 is 2.40 bits per heavy atom. The Balaban J connectivity index is 2.81. The molecule has 2 N–H and O–H groups in total. The first-order valence-corrected chi connectivity index (χ1v) is 6.26. The lowest BCUT2D eigenvalue weighted by molar-refractivity contribution is -0.853. The summed E-state index contributed by atoms with van der Waals surface area (Å²) < 4.78 is 4.78. The number of hydrogen-bond acceptors (Lipinski definition) is 3. The van der Waals surface area contributed by atoms with E-state index in [1.54, 1.807) is 13.2 Å². The third-order valence-corrected chi connectivity index (χ3v) is 3.14. The van der Waals surface area contributed by atoms with E-state index in [4.69, 9.17) is 10.5 Å². The van der Waals surface area contributed by atoms with Crippen LogP contribution in [-0.2, 0) is 6.54 Å². The number of amides is 1. The standard InChI is InChI=1S/C15H18N2O3/c1-17(2,19)9-13-10-6-4-5-7-11(10)14(20-3)8-12(13)15(16)18/h4-8H,9H2,1-3H3,(H2,16,18). The Morgan fingerprint density at radius 2 is 1.90 bits per heavy atom. The molecule has 5 nitrogen and oxygen atoms in total. The summed E-state index contributed by atoms with van der Waals surface area (Å²) >= 11 is 0. The highest BCUT2D eigenvalue weighted by molar-refractivity contribution is 6.03. The van der Waals surface area contributed by atoms with Crippen molar-refractivity contribution >= 4 is 16.7 Å². The molecule has 0 fully saturated rings. The molecule has 0 unspecified atom stereocenters. The number of quaternary nitrogens is 1. The lowest BCUT2D eigenvalue weighted by Gasteiger charge is -2.34. The molecule has 0 saturated heterocycles. The molecule has 2 aromatic carbocycles. The van der Waals surface area contributed by atoms with Gasteiger partial charge in [-0.25, -0.2) is 0 Å². The van der Waals surface area contributed by atoms with Gasteiger partial charge < -0.3 is 20.3 Å². The SMILES string of the molecule is COc1cc(C(N)=O)c(C[N+](C)(C)[O-])c2ccccc12. The fraction of sp³-hybridized carbons (Fsp3) is 0.267. The van der Waals surface area contributed by atoms with Crippen molar-refractivity contribution in [1.82, 2.24) is 0 Å². The summed E-state index contributed by atoms with van der Waals surface area (Å²) in [6.07, 6.45) is 0. The third-order valence-electron chi connectivity index (χ3n) is 3.14. The maximum absolute atomic E-state index is 12.0. The second kappa shape index (κ2) is 5.11. The van der Waals surface area contributed by atoms with Gasteiger partial charge in [0.1, 0.15) is 12.3 Å². The molecule has 0 atom stereocenters. The molecule has 0 aliphatic heterocycles. The number of carbonyl (C=O) groups excluding carboxylic acids is 1. The fourth-order valence-electron chi connectivity index (χ4n) is 2.34. The van der Waals surface area contributed by atoms with Crippen molar-refractivity contribution in [2.45, 2.75) is 6.54 Å². The second-order valence-electron chi connectivity index (χ2n) is 5.25. The topological polar surface area (TPSA) is 75.4 Å². The molecule has 0 bridgehead atoms. The van der Waals surface area contributed by atoms with Crippen LogP contribution in [0.1, 0.15) is 15.9 Å². The summed E-state index contributed by atoms with van der Waals surface area (Å²) in [5.74, 6) is 0.0202. The summed E-state index contributed by atoms with van der Waals surface area (Å²) in [5.41, 5.74) is 6.44. The van der Waals surface area contributed by atoms with Crippen LogP contribution in [0.3, 0.4) is 0 Å². The molecule has 5 heteroatoms. The average Bonchev–Trinajstić information content (AvgIpc) is 2.37. The number of primary amides is 1. The number of hydrogen-bond donors (Lipinski definition) is 1. The fourth-order valence-corrected chi connectivity index (χ4v) is 2.34. The summed E-state index contributed by atoms with van der Waals surface area (Å²) in [6.45, 7) is 0.169. The minimum Gasteiger partial charge on any atom is -0.633 e. The molecule has 1 amide bonds. The lowest BCUT2D eigenvalue weighted by atomic mass is 9.97. The largest absolute Gasteiger partial charge is 0.633 e. The van der Waals surface area contributed by atoms with Gasteiger partial charge >= 0.3 is 0 Å². The normalized spacial score (nSPS) is 11.6. The van der Waals surface area contributed by atoms with Gasteiger partial charge in [0.15, 0.2) is 0 Å². The summed E-state index contributed by atoms with van der Waals surface area (Å²) in [6, 6.07) is 9.12. The molecular formula is C15H18N2O3. The lowest BCUT2D eigenvalue weighted by Crippen LogP contribution is -2.32. The molecule has 20 heavy (non-hydrogen) atoms. The van der Waals surface area contributed by atoms with Gasteiger partial charge in [-0.2, -0.15) is 0 Å². The van der Waals surface area contributed by atoms with Crippen molar-refractivity contribution in [1.29, 1.82) is 0 Å². The van der Waals surface area contributed by atoms with Crippen LogP contribution in [0.4, 0.5) is 0 Å². The van der Waals surface area contributed by atoms with Gasteiger partial charge in [-0.15, -0.1) is 0 Å². The summed E-state index contributed by atoms with van der Waals surface area (Å²) in [4.78, 5) is 11.7. The second-order valence-corrected chi connectivity index (χ2v) is 5.25. The van der Waals surface area contributed by atoms with Gasteiger partial charge in [0.05, 0.1) is 26.8 Å². The number of benzene rings is 2. The van der Waals surface area contributed by atoms with Crippen LogP contribution >= 0.6 is 0 Å². The van der Waals surface area contributed by atoms with Crippen LogP contribution in [0, 0.1) is 5.21 Å². The molecule has 0 aliphatic rings. The first-order valence-electron chi connectivity index (χ1n) is 6.26. The Hall–Kier alpha value is -2.11. The molecule has 0 saturated carbocycles. The third kappa shape index (κ3) is 2.74. The molecule has 2 aromatic rings. The van der Waals surface area contributed by atoms with Crippen LogP contribution in [-0.4, -0.2) is 31.8 Å². The quantitative estimate of drug-likeness (QED) is 0.684. The van der Waals surface area contributed by atoms with Gasteiger partial charge in [0.2, 0.25) is 5.91 Å². The maximum Gasteiger partial charge on any atom is 0.249 e. The van der Waals surface area contributed by atoms with Crippen LogP contribution in [0.25, 0.3) is 10.8 Å². The van der Waals surface area contributed by atoms with Crippen molar-refractivity contribution in [3.63, 3.8) is 0 Å². The maximum atomic E-state index is 12.0. The van der Waals surface area contributed by atoms with Crippen LogP contribution in [0.5, 0.6) is 5.75 Å². The van der Waals surface area contributed by atoms with Crippen molar-refractivity contribution in [2.24, 2.45) is 5.73 Å². The molecule has 0 radical (unpaired) electrons. The monoisotopic (exact) mass is 274 g/mol. The van der Waals surface area contributed by atoms with Crippen LogP contribution in [0.2, 0.25) is 0 Å². The molecule has 106 valence electrons. The van der Waals surface area contributed by atoms with Crippen molar-refractivity contribution in [3.05, 3.63) is 46.7 Å². The van der Waals surface area contributed by atoms with E-state index in [1.807, 2.05) is 24.3 Å². The van der Waals surface area contributed by atoms with E-state index in [1.165, 1.54) is 14.1 Å².